The van der Waals surface area contributed by atoms with Gasteiger partial charge in [0.25, 0.3) is 0 Å². The first-order valence-electron chi connectivity index (χ1n) is 6.41. The van der Waals surface area contributed by atoms with E-state index in [1.807, 2.05) is 0 Å². The number of hydrogen-bond acceptors (Lipinski definition) is 0. The van der Waals surface area contributed by atoms with E-state index in [4.69, 9.17) is 0 Å². The highest BCUT2D eigenvalue weighted by molar-refractivity contribution is 6.64. The molecule has 1 heterocycles. The Labute approximate surface area is 93.9 Å². The van der Waals surface area contributed by atoms with Crippen LogP contribution in [0, 0.1) is 17.3 Å². The summed E-state index contributed by atoms with van der Waals surface area (Å²) in [4.78, 5) is 0. The van der Waals surface area contributed by atoms with Gasteiger partial charge in [0.1, 0.15) is 0 Å². The van der Waals surface area contributed by atoms with Crippen molar-refractivity contribution < 1.29 is 0 Å². The van der Waals surface area contributed by atoms with E-state index in [1.54, 1.807) is 16.7 Å². The Bertz CT molecular complexity index is 373. The summed E-state index contributed by atoms with van der Waals surface area (Å²) >= 11 is 0. The van der Waals surface area contributed by atoms with Gasteiger partial charge < -0.3 is 0 Å². The molecule has 1 heteroatoms. The maximum Gasteiger partial charge on any atom is 0.167 e. The van der Waals surface area contributed by atoms with Gasteiger partial charge in [0.15, 0.2) is 6.71 Å². The zero-order chi connectivity index (χ0) is 10.8. The van der Waals surface area contributed by atoms with E-state index in [2.05, 4.69) is 33.6 Å². The van der Waals surface area contributed by atoms with Gasteiger partial charge in [0.05, 0.1) is 0 Å². The fraction of sp³-hybridized carbons (Fsp3) is 0.714. The van der Waals surface area contributed by atoms with Crippen molar-refractivity contribution in [3.63, 3.8) is 0 Å². The van der Waals surface area contributed by atoms with Crippen LogP contribution in [0.3, 0.4) is 0 Å². The standard InChI is InChI=1S/C14H21B/c1-9-7-15(4)8-12-11(9)5-10-6-13(12)14(10,2)3/h8,10,13H,5-7H2,1-4H3/t10-,13-/m0/s1. The predicted octanol–water partition coefficient (Wildman–Crippen LogP) is 3.97. The summed E-state index contributed by atoms with van der Waals surface area (Å²) in [7, 11) is 0. The lowest BCUT2D eigenvalue weighted by molar-refractivity contribution is -0.0115. The zero-order valence-corrected chi connectivity index (χ0v) is 10.4. The van der Waals surface area contributed by atoms with Gasteiger partial charge >= 0.3 is 0 Å². The lowest BCUT2D eigenvalue weighted by atomic mass is 9.38. The molecule has 0 N–H and O–H groups in total. The summed E-state index contributed by atoms with van der Waals surface area (Å²) in [6.07, 6.45) is 4.13. The summed E-state index contributed by atoms with van der Waals surface area (Å²) in [6.45, 7) is 10.4. The molecule has 4 rings (SSSR count). The molecule has 0 amide bonds. The normalized spacial score (nSPS) is 37.1. The topological polar surface area (TPSA) is 0 Å². The van der Waals surface area contributed by atoms with Crippen LogP contribution in [0.2, 0.25) is 13.1 Å². The molecule has 1 aliphatic heterocycles. The molecule has 0 unspecified atom stereocenters. The maximum atomic E-state index is 2.57. The summed E-state index contributed by atoms with van der Waals surface area (Å²) < 4.78 is 0. The highest BCUT2D eigenvalue weighted by Gasteiger charge is 2.54. The fourth-order valence-electron chi connectivity index (χ4n) is 4.07. The molecule has 0 nitrogen and oxygen atoms in total. The van der Waals surface area contributed by atoms with Gasteiger partial charge in [-0.1, -0.05) is 31.8 Å². The number of hydrogen-bond donors (Lipinski definition) is 0. The van der Waals surface area contributed by atoms with Crippen molar-refractivity contribution in [3.05, 3.63) is 22.7 Å². The van der Waals surface area contributed by atoms with Gasteiger partial charge in [-0.15, -0.1) is 5.98 Å². The number of rotatable bonds is 0. The van der Waals surface area contributed by atoms with Crippen LogP contribution in [0.4, 0.5) is 0 Å². The third-order valence-corrected chi connectivity index (χ3v) is 5.25. The molecule has 3 aliphatic carbocycles. The van der Waals surface area contributed by atoms with Gasteiger partial charge in [-0.2, -0.15) is 0 Å². The fourth-order valence-corrected chi connectivity index (χ4v) is 4.07. The van der Waals surface area contributed by atoms with Crippen molar-refractivity contribution >= 4 is 6.71 Å². The lowest BCUT2D eigenvalue weighted by Gasteiger charge is -2.59. The molecule has 2 bridgehead atoms. The smallest absolute Gasteiger partial charge is 0.111 e. The molecule has 0 radical (unpaired) electrons. The van der Waals surface area contributed by atoms with Crippen LogP contribution in [0.15, 0.2) is 22.7 Å². The third-order valence-electron chi connectivity index (χ3n) is 5.25. The van der Waals surface area contributed by atoms with Crippen molar-refractivity contribution in [1.82, 2.24) is 0 Å². The Hall–Kier alpha value is -0.455. The molecule has 0 saturated heterocycles. The molecule has 15 heavy (non-hydrogen) atoms. The Morgan fingerprint density at radius 1 is 1.40 bits per heavy atom. The Balaban J connectivity index is 2.04. The minimum absolute atomic E-state index is 0.590. The molecular formula is C14H21B. The van der Waals surface area contributed by atoms with Gasteiger partial charge in [-0.3, -0.25) is 0 Å². The summed E-state index contributed by atoms with van der Waals surface area (Å²) in [5, 5.41) is 0. The summed E-state index contributed by atoms with van der Waals surface area (Å²) in [6, 6.07) is 0. The predicted molar refractivity (Wildman–Crippen MR) is 67.2 cm³/mol. The van der Waals surface area contributed by atoms with Crippen LogP contribution < -0.4 is 0 Å². The summed E-state index contributed by atoms with van der Waals surface area (Å²) in [5.41, 5.74) is 5.75. The van der Waals surface area contributed by atoms with Gasteiger partial charge in [-0.05, 0) is 48.9 Å². The van der Waals surface area contributed by atoms with E-state index in [-0.39, 0.29) is 0 Å². The molecule has 0 aromatic heterocycles. The largest absolute Gasteiger partial charge is 0.167 e. The van der Waals surface area contributed by atoms with Crippen LogP contribution >= 0.6 is 0 Å². The minimum Gasteiger partial charge on any atom is -0.111 e. The Kier molecular flexibility index (Phi) is 1.83. The van der Waals surface area contributed by atoms with Crippen LogP contribution in [0.25, 0.3) is 0 Å². The molecule has 0 aromatic rings. The number of allylic oxidation sites excluding steroid dienone is 3. The van der Waals surface area contributed by atoms with Crippen molar-refractivity contribution in [2.45, 2.75) is 46.8 Å². The highest BCUT2D eigenvalue weighted by Crippen LogP contribution is 2.63. The maximum absolute atomic E-state index is 2.57. The first-order chi connectivity index (χ1) is 7.00. The van der Waals surface area contributed by atoms with Crippen molar-refractivity contribution in [3.8, 4) is 0 Å². The zero-order valence-electron chi connectivity index (χ0n) is 10.4. The second-order valence-electron chi connectivity index (χ2n) is 6.57. The van der Waals surface area contributed by atoms with Gasteiger partial charge in [0.2, 0.25) is 0 Å². The van der Waals surface area contributed by atoms with E-state index in [1.165, 1.54) is 19.2 Å². The van der Waals surface area contributed by atoms with E-state index in [9.17, 15) is 0 Å². The van der Waals surface area contributed by atoms with Crippen molar-refractivity contribution in [1.29, 1.82) is 0 Å². The molecule has 4 aliphatic rings. The molecule has 3 saturated carbocycles. The molecule has 80 valence electrons. The van der Waals surface area contributed by atoms with Gasteiger partial charge in [-0.25, -0.2) is 0 Å². The average molecular weight is 200 g/mol. The second kappa shape index (κ2) is 2.81. The van der Waals surface area contributed by atoms with Crippen LogP contribution in [-0.2, 0) is 0 Å². The minimum atomic E-state index is 0.590. The van der Waals surface area contributed by atoms with E-state index < -0.39 is 0 Å². The van der Waals surface area contributed by atoms with Crippen LogP contribution in [-0.4, -0.2) is 6.71 Å². The summed E-state index contributed by atoms with van der Waals surface area (Å²) in [5.74, 6) is 4.42. The Morgan fingerprint density at radius 3 is 2.80 bits per heavy atom. The average Bonchev–Trinajstić information content (AvgIpc) is 2.15. The Morgan fingerprint density at radius 2 is 2.13 bits per heavy atom. The van der Waals surface area contributed by atoms with Crippen molar-refractivity contribution in [2.75, 3.05) is 0 Å². The van der Waals surface area contributed by atoms with Crippen molar-refractivity contribution in [2.24, 2.45) is 17.3 Å². The quantitative estimate of drug-likeness (QED) is 0.519. The van der Waals surface area contributed by atoms with Gasteiger partial charge in [0, 0.05) is 0 Å². The molecule has 3 fully saturated rings. The molecule has 0 spiro atoms. The third kappa shape index (κ3) is 1.15. The first-order valence-corrected chi connectivity index (χ1v) is 6.41. The SMILES string of the molecule is CB1C=C2C(=C(C)C1)C[C@H]1C[C@@H]2C1(C)C. The second-order valence-corrected chi connectivity index (χ2v) is 6.57. The molecule has 2 atom stereocenters. The van der Waals surface area contributed by atoms with Crippen LogP contribution in [0.5, 0.6) is 0 Å². The first kappa shape index (κ1) is 9.75. The van der Waals surface area contributed by atoms with E-state index >= 15 is 0 Å². The highest BCUT2D eigenvalue weighted by atomic mass is 14.6. The van der Waals surface area contributed by atoms with E-state index in [0.29, 0.717) is 5.41 Å². The van der Waals surface area contributed by atoms with E-state index in [0.717, 1.165) is 18.5 Å². The molecule has 0 aromatic carbocycles. The monoisotopic (exact) mass is 200 g/mol. The van der Waals surface area contributed by atoms with Crippen LogP contribution in [0.1, 0.15) is 33.6 Å². The molecular weight excluding hydrogens is 179 g/mol. The lowest BCUT2D eigenvalue weighted by Crippen LogP contribution is -2.50.